The Bertz CT molecular complexity index is 601. The smallest absolute Gasteiger partial charge is 0.313 e. The van der Waals surface area contributed by atoms with Gasteiger partial charge in [0.25, 0.3) is 5.91 Å². The van der Waals surface area contributed by atoms with E-state index in [0.717, 1.165) is 11.1 Å². The number of ether oxygens (including phenoxy) is 2. The molecule has 1 N–H and O–H groups in total. The first kappa shape index (κ1) is 17.3. The number of hydrogen-bond acceptors (Lipinski definition) is 4. The molecular formula is C17H23NO5. The van der Waals surface area contributed by atoms with Gasteiger partial charge in [-0.25, -0.2) is 0 Å². The van der Waals surface area contributed by atoms with Crippen molar-refractivity contribution in [1.29, 1.82) is 0 Å². The fraction of sp³-hybridized carbons (Fsp3) is 0.529. The predicted octanol–water partition coefficient (Wildman–Crippen LogP) is 1.63. The molecule has 1 atom stereocenters. The van der Waals surface area contributed by atoms with Crippen LogP contribution in [0.15, 0.2) is 18.2 Å². The quantitative estimate of drug-likeness (QED) is 0.862. The van der Waals surface area contributed by atoms with Gasteiger partial charge in [-0.15, -0.1) is 0 Å². The van der Waals surface area contributed by atoms with E-state index in [1.54, 1.807) is 0 Å². The molecular weight excluding hydrogens is 298 g/mol. The number of aliphatic carboxylic acids is 1. The van der Waals surface area contributed by atoms with E-state index in [9.17, 15) is 14.7 Å². The van der Waals surface area contributed by atoms with Gasteiger partial charge >= 0.3 is 5.97 Å². The molecule has 6 nitrogen and oxygen atoms in total. The maximum absolute atomic E-state index is 12.3. The zero-order valence-electron chi connectivity index (χ0n) is 13.8. The minimum absolute atomic E-state index is 0.0921. The number of likely N-dealkylation sites (tertiary alicyclic amines) is 1. The van der Waals surface area contributed by atoms with Crippen LogP contribution in [-0.4, -0.2) is 55.3 Å². The lowest BCUT2D eigenvalue weighted by Crippen LogP contribution is -2.41. The van der Waals surface area contributed by atoms with Crippen LogP contribution in [0.1, 0.15) is 17.5 Å². The van der Waals surface area contributed by atoms with E-state index < -0.39 is 11.4 Å². The van der Waals surface area contributed by atoms with Crippen molar-refractivity contribution in [2.75, 3.05) is 33.4 Å². The average molecular weight is 321 g/mol. The van der Waals surface area contributed by atoms with Crippen LogP contribution in [0.3, 0.4) is 0 Å². The first-order valence-electron chi connectivity index (χ1n) is 7.58. The molecule has 0 saturated carbocycles. The second-order valence-corrected chi connectivity index (χ2v) is 6.12. The van der Waals surface area contributed by atoms with Crippen molar-refractivity contribution in [3.63, 3.8) is 0 Å². The molecule has 1 heterocycles. The summed E-state index contributed by atoms with van der Waals surface area (Å²) in [6.07, 6.45) is 0.394. The Balaban J connectivity index is 1.94. The van der Waals surface area contributed by atoms with E-state index >= 15 is 0 Å². The summed E-state index contributed by atoms with van der Waals surface area (Å²) in [5.41, 5.74) is 1.25. The van der Waals surface area contributed by atoms with E-state index in [-0.39, 0.29) is 25.7 Å². The lowest BCUT2D eigenvalue weighted by atomic mass is 9.88. The molecule has 1 aromatic rings. The van der Waals surface area contributed by atoms with Crippen molar-refractivity contribution < 1.29 is 24.2 Å². The van der Waals surface area contributed by atoms with Crippen molar-refractivity contribution in [2.24, 2.45) is 5.41 Å². The molecule has 1 aromatic carbocycles. The Labute approximate surface area is 136 Å². The van der Waals surface area contributed by atoms with Crippen molar-refractivity contribution in [1.82, 2.24) is 4.90 Å². The molecule has 0 aliphatic carbocycles. The van der Waals surface area contributed by atoms with Crippen molar-refractivity contribution in [3.8, 4) is 5.75 Å². The molecule has 1 fully saturated rings. The number of benzene rings is 1. The van der Waals surface area contributed by atoms with Crippen molar-refractivity contribution >= 4 is 11.9 Å². The number of hydrogen-bond donors (Lipinski definition) is 1. The maximum atomic E-state index is 12.3. The standard InChI is InChI=1S/C17H23NO5/c1-12-4-5-14(8-13(12)2)23-9-15(19)18-7-6-17(10-18,11-22-3)16(20)21/h4-5,8H,6-7,9-11H2,1-3H3,(H,20,21). The number of carbonyl (C=O) groups excluding carboxylic acids is 1. The van der Waals surface area contributed by atoms with Gasteiger partial charge in [0, 0.05) is 20.2 Å². The number of methoxy groups -OCH3 is 1. The lowest BCUT2D eigenvalue weighted by molar-refractivity contribution is -0.151. The molecule has 0 aromatic heterocycles. The summed E-state index contributed by atoms with van der Waals surface area (Å²) >= 11 is 0. The summed E-state index contributed by atoms with van der Waals surface area (Å²) in [4.78, 5) is 25.3. The van der Waals surface area contributed by atoms with Gasteiger partial charge in [-0.2, -0.15) is 0 Å². The molecule has 0 radical (unpaired) electrons. The van der Waals surface area contributed by atoms with Gasteiger partial charge in [-0.1, -0.05) is 6.07 Å². The second kappa shape index (κ2) is 7.00. The maximum Gasteiger partial charge on any atom is 0.313 e. The third-order valence-electron chi connectivity index (χ3n) is 4.42. The highest BCUT2D eigenvalue weighted by Gasteiger charge is 2.46. The zero-order valence-corrected chi connectivity index (χ0v) is 13.8. The van der Waals surface area contributed by atoms with Gasteiger partial charge in [0.2, 0.25) is 0 Å². The number of carboxylic acids is 1. The highest BCUT2D eigenvalue weighted by Crippen LogP contribution is 2.31. The largest absolute Gasteiger partial charge is 0.484 e. The van der Waals surface area contributed by atoms with Crippen LogP contribution >= 0.6 is 0 Å². The molecule has 0 spiro atoms. The van der Waals surface area contributed by atoms with Crippen LogP contribution in [-0.2, 0) is 14.3 Å². The third-order valence-corrected chi connectivity index (χ3v) is 4.42. The zero-order chi connectivity index (χ0) is 17.0. The van der Waals surface area contributed by atoms with Gasteiger partial charge in [-0.05, 0) is 43.5 Å². The SMILES string of the molecule is COCC1(C(=O)O)CCN(C(=O)COc2ccc(C)c(C)c2)C1. The van der Waals surface area contributed by atoms with Gasteiger partial charge in [0.1, 0.15) is 11.2 Å². The van der Waals surface area contributed by atoms with E-state index in [4.69, 9.17) is 9.47 Å². The Hall–Kier alpha value is -2.08. The molecule has 1 unspecified atom stereocenters. The van der Waals surface area contributed by atoms with Gasteiger partial charge in [0.15, 0.2) is 6.61 Å². The predicted molar refractivity (Wildman–Crippen MR) is 84.6 cm³/mol. The Morgan fingerprint density at radius 3 is 2.65 bits per heavy atom. The van der Waals surface area contributed by atoms with Crippen molar-refractivity contribution in [3.05, 3.63) is 29.3 Å². The van der Waals surface area contributed by atoms with E-state index in [0.29, 0.717) is 18.7 Å². The van der Waals surface area contributed by atoms with Crippen LogP contribution in [0.2, 0.25) is 0 Å². The highest BCUT2D eigenvalue weighted by atomic mass is 16.5. The molecule has 1 aliphatic rings. The fourth-order valence-corrected chi connectivity index (χ4v) is 2.76. The Morgan fingerprint density at radius 2 is 2.04 bits per heavy atom. The van der Waals surface area contributed by atoms with Gasteiger partial charge in [-0.3, -0.25) is 9.59 Å². The van der Waals surface area contributed by atoms with E-state index in [2.05, 4.69) is 0 Å². The van der Waals surface area contributed by atoms with E-state index in [1.165, 1.54) is 12.0 Å². The van der Waals surface area contributed by atoms with Crippen LogP contribution < -0.4 is 4.74 Å². The number of rotatable bonds is 6. The summed E-state index contributed by atoms with van der Waals surface area (Å²) in [5.74, 6) is -0.491. The van der Waals surface area contributed by atoms with Crippen molar-refractivity contribution in [2.45, 2.75) is 20.3 Å². The number of carbonyl (C=O) groups is 2. The van der Waals surface area contributed by atoms with Gasteiger partial charge in [0.05, 0.1) is 6.61 Å². The number of amides is 1. The second-order valence-electron chi connectivity index (χ2n) is 6.12. The summed E-state index contributed by atoms with van der Waals surface area (Å²) in [6.45, 7) is 4.57. The monoisotopic (exact) mass is 321 g/mol. The molecule has 0 bridgehead atoms. The molecule has 1 aliphatic heterocycles. The molecule has 1 saturated heterocycles. The number of nitrogens with zero attached hydrogens (tertiary/aromatic N) is 1. The fourth-order valence-electron chi connectivity index (χ4n) is 2.76. The van der Waals surface area contributed by atoms with Crippen LogP contribution in [0.25, 0.3) is 0 Å². The Kier molecular flexibility index (Phi) is 5.26. The minimum Gasteiger partial charge on any atom is -0.484 e. The topological polar surface area (TPSA) is 76.1 Å². The van der Waals surface area contributed by atoms with Crippen LogP contribution in [0.5, 0.6) is 5.75 Å². The summed E-state index contributed by atoms with van der Waals surface area (Å²) in [7, 11) is 1.47. The summed E-state index contributed by atoms with van der Waals surface area (Å²) in [5, 5.41) is 9.41. The first-order valence-corrected chi connectivity index (χ1v) is 7.58. The van der Waals surface area contributed by atoms with Crippen LogP contribution in [0.4, 0.5) is 0 Å². The first-order chi connectivity index (χ1) is 10.9. The molecule has 1 amide bonds. The molecule has 6 heteroatoms. The minimum atomic E-state index is -1.01. The molecule has 2 rings (SSSR count). The molecule has 126 valence electrons. The lowest BCUT2D eigenvalue weighted by Gasteiger charge is -2.23. The average Bonchev–Trinajstić information content (AvgIpc) is 2.94. The number of aryl methyl sites for hydroxylation is 2. The molecule has 23 heavy (non-hydrogen) atoms. The normalized spacial score (nSPS) is 20.6. The Morgan fingerprint density at radius 1 is 1.30 bits per heavy atom. The highest BCUT2D eigenvalue weighted by molar-refractivity contribution is 5.81. The summed E-state index contributed by atoms with van der Waals surface area (Å²) < 4.78 is 10.6. The number of carboxylic acid groups (broad SMARTS) is 1. The van der Waals surface area contributed by atoms with Gasteiger partial charge < -0.3 is 19.5 Å². The van der Waals surface area contributed by atoms with E-state index in [1.807, 2.05) is 32.0 Å². The summed E-state index contributed by atoms with van der Waals surface area (Å²) in [6, 6.07) is 5.66. The van der Waals surface area contributed by atoms with Crippen LogP contribution in [0, 0.1) is 19.3 Å². The third kappa shape index (κ3) is 3.82.